The van der Waals surface area contributed by atoms with Crippen molar-refractivity contribution >= 4 is 5.91 Å². The number of rotatable bonds is 5. The summed E-state index contributed by atoms with van der Waals surface area (Å²) in [6.07, 6.45) is 5.21. The monoisotopic (exact) mass is 240 g/mol. The zero-order valence-corrected chi connectivity index (χ0v) is 10.8. The molecule has 1 amide bonds. The molecular formula is C13H24N2O2. The van der Waals surface area contributed by atoms with Crippen LogP contribution in [0, 0.1) is 0 Å². The molecule has 0 saturated carbocycles. The highest BCUT2D eigenvalue weighted by Gasteiger charge is 2.29. The lowest BCUT2D eigenvalue weighted by Gasteiger charge is -2.27. The predicted octanol–water partition coefficient (Wildman–Crippen LogP) is 1.16. The van der Waals surface area contributed by atoms with Gasteiger partial charge in [-0.25, -0.2) is 0 Å². The Hall–Kier alpha value is -0.610. The number of ether oxygens (including phenoxy) is 1. The quantitative estimate of drug-likeness (QED) is 0.784. The van der Waals surface area contributed by atoms with Gasteiger partial charge in [-0.05, 0) is 38.6 Å². The molecule has 2 aliphatic heterocycles. The minimum Gasteiger partial charge on any atom is -0.368 e. The van der Waals surface area contributed by atoms with Crippen molar-refractivity contribution < 1.29 is 9.53 Å². The summed E-state index contributed by atoms with van der Waals surface area (Å²) in [6.45, 7) is 5.68. The molecule has 2 atom stereocenters. The first-order valence-electron chi connectivity index (χ1n) is 6.95. The molecule has 0 aromatic rings. The van der Waals surface area contributed by atoms with Crippen molar-refractivity contribution in [3.05, 3.63) is 0 Å². The number of hydrogen-bond acceptors (Lipinski definition) is 3. The highest BCUT2D eigenvalue weighted by atomic mass is 16.5. The molecule has 1 unspecified atom stereocenters. The van der Waals surface area contributed by atoms with Crippen LogP contribution in [0.5, 0.6) is 0 Å². The molecule has 2 aliphatic rings. The van der Waals surface area contributed by atoms with E-state index in [-0.39, 0.29) is 12.0 Å². The number of carbonyl (C=O) groups excluding carboxylic acids is 1. The van der Waals surface area contributed by atoms with Crippen molar-refractivity contribution in [3.8, 4) is 0 Å². The lowest BCUT2D eigenvalue weighted by atomic mass is 10.1. The summed E-state index contributed by atoms with van der Waals surface area (Å²) in [5.74, 6) is 0.207. The molecule has 4 nitrogen and oxygen atoms in total. The molecule has 0 aromatic carbocycles. The van der Waals surface area contributed by atoms with E-state index in [1.54, 1.807) is 0 Å². The third-order valence-corrected chi connectivity index (χ3v) is 3.61. The molecule has 2 rings (SSSR count). The fourth-order valence-corrected chi connectivity index (χ4v) is 2.72. The summed E-state index contributed by atoms with van der Waals surface area (Å²) in [4.78, 5) is 14.3. The summed E-state index contributed by atoms with van der Waals surface area (Å²) in [5.41, 5.74) is 0. The van der Waals surface area contributed by atoms with E-state index in [9.17, 15) is 4.79 Å². The fourth-order valence-electron chi connectivity index (χ4n) is 2.72. The van der Waals surface area contributed by atoms with Crippen molar-refractivity contribution in [2.75, 3.05) is 26.2 Å². The Morgan fingerprint density at radius 1 is 1.41 bits per heavy atom. The minimum atomic E-state index is -0.164. The fraction of sp³-hybridized carbons (Fsp3) is 0.923. The maximum Gasteiger partial charge on any atom is 0.251 e. The first-order chi connectivity index (χ1) is 8.31. The Bertz CT molecular complexity index is 246. The van der Waals surface area contributed by atoms with Gasteiger partial charge in [-0.2, -0.15) is 0 Å². The van der Waals surface area contributed by atoms with Crippen LogP contribution in [-0.2, 0) is 9.53 Å². The normalized spacial score (nSPS) is 28.5. The number of hydrogen-bond donors (Lipinski definition) is 1. The third kappa shape index (κ3) is 3.42. The number of nitrogens with zero attached hydrogens (tertiary/aromatic N) is 1. The Balaban J connectivity index is 1.87. The van der Waals surface area contributed by atoms with Gasteiger partial charge in [0.25, 0.3) is 5.91 Å². The third-order valence-electron chi connectivity index (χ3n) is 3.61. The van der Waals surface area contributed by atoms with E-state index in [0.29, 0.717) is 6.04 Å². The molecular weight excluding hydrogens is 216 g/mol. The largest absolute Gasteiger partial charge is 0.368 e. The zero-order valence-electron chi connectivity index (χ0n) is 10.8. The van der Waals surface area contributed by atoms with Gasteiger partial charge in [0, 0.05) is 25.7 Å². The summed E-state index contributed by atoms with van der Waals surface area (Å²) in [5, 5.41) is 3.46. The lowest BCUT2D eigenvalue weighted by Crippen LogP contribution is -2.45. The van der Waals surface area contributed by atoms with Gasteiger partial charge >= 0.3 is 0 Å². The zero-order chi connectivity index (χ0) is 12.1. The van der Waals surface area contributed by atoms with E-state index in [0.717, 1.165) is 45.5 Å². The topological polar surface area (TPSA) is 41.6 Å². The Labute approximate surface area is 104 Å². The second kappa shape index (κ2) is 6.36. The SMILES string of the molecule is CCCN(CC1CCCN1)C(=O)[C@@H]1CCCO1. The molecule has 0 spiro atoms. The van der Waals surface area contributed by atoms with Crippen LogP contribution in [0.25, 0.3) is 0 Å². The van der Waals surface area contributed by atoms with E-state index < -0.39 is 0 Å². The van der Waals surface area contributed by atoms with Crippen molar-refractivity contribution in [3.63, 3.8) is 0 Å². The average molecular weight is 240 g/mol. The molecule has 0 aliphatic carbocycles. The molecule has 1 N–H and O–H groups in total. The van der Waals surface area contributed by atoms with Gasteiger partial charge in [-0.1, -0.05) is 6.92 Å². The summed E-state index contributed by atoms with van der Waals surface area (Å²) < 4.78 is 5.49. The molecule has 0 aromatic heterocycles. The van der Waals surface area contributed by atoms with Crippen LogP contribution in [-0.4, -0.2) is 49.2 Å². The number of nitrogens with one attached hydrogen (secondary N) is 1. The van der Waals surface area contributed by atoms with Crippen LogP contribution in [0.3, 0.4) is 0 Å². The molecule has 2 heterocycles. The molecule has 0 bridgehead atoms. The van der Waals surface area contributed by atoms with E-state index >= 15 is 0 Å². The summed E-state index contributed by atoms with van der Waals surface area (Å²) >= 11 is 0. The molecule has 98 valence electrons. The highest BCUT2D eigenvalue weighted by molar-refractivity contribution is 5.81. The van der Waals surface area contributed by atoms with Gasteiger partial charge in [0.05, 0.1) is 0 Å². The first-order valence-corrected chi connectivity index (χ1v) is 6.95. The first kappa shape index (κ1) is 12.8. The van der Waals surface area contributed by atoms with Gasteiger partial charge in [0.15, 0.2) is 0 Å². The van der Waals surface area contributed by atoms with Crippen LogP contribution < -0.4 is 5.32 Å². The van der Waals surface area contributed by atoms with Crippen molar-refractivity contribution in [2.45, 2.75) is 51.2 Å². The molecule has 17 heavy (non-hydrogen) atoms. The predicted molar refractivity (Wildman–Crippen MR) is 66.9 cm³/mol. The second-order valence-corrected chi connectivity index (χ2v) is 5.08. The van der Waals surface area contributed by atoms with Crippen molar-refractivity contribution in [1.29, 1.82) is 0 Å². The standard InChI is InChI=1S/C13H24N2O2/c1-2-8-15(10-11-5-3-7-14-11)13(16)12-6-4-9-17-12/h11-12,14H,2-10H2,1H3/t11?,12-/m0/s1. The van der Waals surface area contributed by atoms with E-state index in [1.165, 1.54) is 12.8 Å². The summed E-state index contributed by atoms with van der Waals surface area (Å²) in [7, 11) is 0. The minimum absolute atomic E-state index is 0.164. The molecule has 0 radical (unpaired) electrons. The van der Waals surface area contributed by atoms with Crippen molar-refractivity contribution in [1.82, 2.24) is 10.2 Å². The van der Waals surface area contributed by atoms with Gasteiger partial charge in [-0.3, -0.25) is 4.79 Å². The van der Waals surface area contributed by atoms with E-state index in [2.05, 4.69) is 12.2 Å². The highest BCUT2D eigenvalue weighted by Crippen LogP contribution is 2.16. The lowest BCUT2D eigenvalue weighted by molar-refractivity contribution is -0.141. The van der Waals surface area contributed by atoms with Gasteiger partial charge < -0.3 is 15.0 Å². The molecule has 2 fully saturated rings. The number of carbonyl (C=O) groups is 1. The maximum absolute atomic E-state index is 12.3. The van der Waals surface area contributed by atoms with Crippen molar-refractivity contribution in [2.24, 2.45) is 0 Å². The van der Waals surface area contributed by atoms with E-state index in [1.807, 2.05) is 4.90 Å². The second-order valence-electron chi connectivity index (χ2n) is 5.08. The van der Waals surface area contributed by atoms with Gasteiger partial charge in [0.1, 0.15) is 6.10 Å². The summed E-state index contributed by atoms with van der Waals surface area (Å²) in [6, 6.07) is 0.493. The van der Waals surface area contributed by atoms with Crippen LogP contribution in [0.4, 0.5) is 0 Å². The van der Waals surface area contributed by atoms with Gasteiger partial charge in [-0.15, -0.1) is 0 Å². The van der Waals surface area contributed by atoms with E-state index in [4.69, 9.17) is 4.74 Å². The Morgan fingerprint density at radius 3 is 2.88 bits per heavy atom. The smallest absolute Gasteiger partial charge is 0.251 e. The van der Waals surface area contributed by atoms with Gasteiger partial charge in [0.2, 0.25) is 0 Å². The van der Waals surface area contributed by atoms with Crippen LogP contribution >= 0.6 is 0 Å². The molecule has 2 saturated heterocycles. The van der Waals surface area contributed by atoms with Crippen LogP contribution in [0.1, 0.15) is 39.0 Å². The number of amides is 1. The van der Waals surface area contributed by atoms with Crippen LogP contribution in [0.2, 0.25) is 0 Å². The maximum atomic E-state index is 12.3. The Kier molecular flexibility index (Phi) is 4.80. The van der Waals surface area contributed by atoms with Crippen LogP contribution in [0.15, 0.2) is 0 Å². The Morgan fingerprint density at radius 2 is 2.29 bits per heavy atom. The average Bonchev–Trinajstić information content (AvgIpc) is 3.00. The molecule has 4 heteroatoms.